The van der Waals surface area contributed by atoms with Crippen LogP contribution in [0.15, 0.2) is 24.3 Å². The molecule has 4 heteroatoms. The smallest absolute Gasteiger partial charge is 0.319 e. The normalized spacial score (nSPS) is 11.9. The fourth-order valence-corrected chi connectivity index (χ4v) is 1.46. The first-order chi connectivity index (χ1) is 8.17. The lowest BCUT2D eigenvalue weighted by Gasteiger charge is -2.14. The monoisotopic (exact) mass is 237 g/mol. The molecule has 1 atom stereocenters. The lowest BCUT2D eigenvalue weighted by atomic mass is 10.1. The van der Waals surface area contributed by atoms with Crippen molar-refractivity contribution in [2.45, 2.75) is 19.9 Å². The Bertz CT molecular complexity index is 348. The topological polar surface area (TPSA) is 47.6 Å². The Balaban J connectivity index is 2.46. The van der Waals surface area contributed by atoms with Crippen LogP contribution in [0.2, 0.25) is 0 Å². The summed E-state index contributed by atoms with van der Waals surface area (Å²) in [5, 5.41) is 3.11. The largest absolute Gasteiger partial charge is 0.497 e. The number of esters is 1. The van der Waals surface area contributed by atoms with Crippen molar-refractivity contribution in [3.63, 3.8) is 0 Å². The van der Waals surface area contributed by atoms with Gasteiger partial charge in [0.15, 0.2) is 0 Å². The zero-order valence-corrected chi connectivity index (χ0v) is 10.5. The zero-order chi connectivity index (χ0) is 12.7. The molecule has 0 heterocycles. The van der Waals surface area contributed by atoms with Gasteiger partial charge in [0, 0.05) is 6.04 Å². The highest BCUT2D eigenvalue weighted by Crippen LogP contribution is 2.16. The molecule has 0 spiro atoms. The number of benzene rings is 1. The van der Waals surface area contributed by atoms with Crippen molar-refractivity contribution in [1.82, 2.24) is 5.32 Å². The number of ether oxygens (including phenoxy) is 2. The van der Waals surface area contributed by atoms with Crippen molar-refractivity contribution < 1.29 is 14.3 Å². The van der Waals surface area contributed by atoms with Gasteiger partial charge in [0.25, 0.3) is 0 Å². The van der Waals surface area contributed by atoms with Gasteiger partial charge in [-0.15, -0.1) is 0 Å². The molecule has 4 nitrogen and oxygen atoms in total. The summed E-state index contributed by atoms with van der Waals surface area (Å²) in [5.41, 5.74) is 1.11. The van der Waals surface area contributed by atoms with E-state index in [1.165, 1.54) is 0 Å². The van der Waals surface area contributed by atoms with E-state index < -0.39 is 0 Å². The Hall–Kier alpha value is -1.55. The summed E-state index contributed by atoms with van der Waals surface area (Å²) < 4.78 is 9.93. The molecular weight excluding hydrogens is 218 g/mol. The molecule has 0 aliphatic heterocycles. The van der Waals surface area contributed by atoms with Gasteiger partial charge in [-0.3, -0.25) is 4.79 Å². The number of hydrogen-bond acceptors (Lipinski definition) is 4. The van der Waals surface area contributed by atoms with Gasteiger partial charge in [-0.05, 0) is 31.5 Å². The standard InChI is InChI=1S/C13H19NO3/c1-4-17-13(15)9-14-10(2)11-5-7-12(16-3)8-6-11/h5-8,10,14H,4,9H2,1-3H3/t10-/m1/s1. The van der Waals surface area contributed by atoms with Crippen molar-refractivity contribution in [3.05, 3.63) is 29.8 Å². The predicted octanol–water partition coefficient (Wildman–Crippen LogP) is 1.91. The lowest BCUT2D eigenvalue weighted by Crippen LogP contribution is -2.27. The lowest BCUT2D eigenvalue weighted by molar-refractivity contribution is -0.142. The molecule has 0 aliphatic rings. The Morgan fingerprint density at radius 2 is 2.00 bits per heavy atom. The highest BCUT2D eigenvalue weighted by Gasteiger charge is 2.07. The average Bonchev–Trinajstić information content (AvgIpc) is 2.36. The van der Waals surface area contributed by atoms with Crippen molar-refractivity contribution >= 4 is 5.97 Å². The van der Waals surface area contributed by atoms with Gasteiger partial charge in [0.2, 0.25) is 0 Å². The fourth-order valence-electron chi connectivity index (χ4n) is 1.46. The fraction of sp³-hybridized carbons (Fsp3) is 0.462. The summed E-state index contributed by atoms with van der Waals surface area (Å²) in [6.45, 7) is 4.43. The van der Waals surface area contributed by atoms with Crippen molar-refractivity contribution in [1.29, 1.82) is 0 Å². The summed E-state index contributed by atoms with van der Waals surface area (Å²) in [4.78, 5) is 11.2. The molecule has 94 valence electrons. The summed E-state index contributed by atoms with van der Waals surface area (Å²) in [6, 6.07) is 7.85. The molecule has 0 fully saturated rings. The third-order valence-electron chi connectivity index (χ3n) is 2.47. The van der Waals surface area contributed by atoms with E-state index in [-0.39, 0.29) is 18.6 Å². The third-order valence-corrected chi connectivity index (χ3v) is 2.47. The number of methoxy groups -OCH3 is 1. The van der Waals surface area contributed by atoms with Gasteiger partial charge in [-0.1, -0.05) is 12.1 Å². The molecule has 0 radical (unpaired) electrons. The van der Waals surface area contributed by atoms with Crippen LogP contribution < -0.4 is 10.1 Å². The Kier molecular flexibility index (Phi) is 5.49. The molecule has 0 saturated carbocycles. The number of carbonyl (C=O) groups excluding carboxylic acids is 1. The molecule has 0 aromatic heterocycles. The minimum Gasteiger partial charge on any atom is -0.497 e. The van der Waals surface area contributed by atoms with Crippen LogP contribution >= 0.6 is 0 Å². The molecule has 1 rings (SSSR count). The minimum atomic E-state index is -0.229. The quantitative estimate of drug-likeness (QED) is 0.768. The maximum Gasteiger partial charge on any atom is 0.319 e. The SMILES string of the molecule is CCOC(=O)CN[C@H](C)c1ccc(OC)cc1. The van der Waals surface area contributed by atoms with E-state index in [1.54, 1.807) is 14.0 Å². The number of nitrogens with one attached hydrogen (secondary N) is 1. The minimum absolute atomic E-state index is 0.102. The molecule has 1 N–H and O–H groups in total. The molecule has 0 amide bonds. The number of hydrogen-bond donors (Lipinski definition) is 1. The summed E-state index contributed by atoms with van der Waals surface area (Å²) in [6.07, 6.45) is 0. The third kappa shape index (κ3) is 4.44. The first kappa shape index (κ1) is 13.5. The van der Waals surface area contributed by atoms with E-state index in [0.29, 0.717) is 6.61 Å². The predicted molar refractivity (Wildman–Crippen MR) is 66.0 cm³/mol. The Morgan fingerprint density at radius 1 is 1.35 bits per heavy atom. The van der Waals surface area contributed by atoms with Gasteiger partial charge in [0.1, 0.15) is 5.75 Å². The number of rotatable bonds is 6. The second kappa shape index (κ2) is 6.91. The maximum absolute atomic E-state index is 11.2. The molecule has 0 aliphatic carbocycles. The molecule has 17 heavy (non-hydrogen) atoms. The molecule has 0 saturated heterocycles. The van der Waals surface area contributed by atoms with Gasteiger partial charge in [0.05, 0.1) is 20.3 Å². The maximum atomic E-state index is 11.2. The second-order valence-electron chi connectivity index (χ2n) is 3.68. The summed E-state index contributed by atoms with van der Waals surface area (Å²) in [5.74, 6) is 0.596. The van der Waals surface area contributed by atoms with Crippen LogP contribution in [0, 0.1) is 0 Å². The molecule has 0 unspecified atom stereocenters. The molecule has 0 bridgehead atoms. The molecular formula is C13H19NO3. The van der Waals surface area contributed by atoms with Crippen LogP contribution in [0.5, 0.6) is 5.75 Å². The highest BCUT2D eigenvalue weighted by molar-refractivity contribution is 5.71. The van der Waals surface area contributed by atoms with Crippen LogP contribution in [0.1, 0.15) is 25.5 Å². The van der Waals surface area contributed by atoms with E-state index in [2.05, 4.69) is 5.32 Å². The molecule has 1 aromatic carbocycles. The molecule has 1 aromatic rings. The van der Waals surface area contributed by atoms with Crippen molar-refractivity contribution in [3.8, 4) is 5.75 Å². The summed E-state index contributed by atoms with van der Waals surface area (Å²) >= 11 is 0. The Morgan fingerprint density at radius 3 is 2.53 bits per heavy atom. The van der Waals surface area contributed by atoms with Crippen LogP contribution in [0.25, 0.3) is 0 Å². The van der Waals surface area contributed by atoms with Gasteiger partial charge < -0.3 is 14.8 Å². The van der Waals surface area contributed by atoms with Gasteiger partial charge >= 0.3 is 5.97 Å². The highest BCUT2D eigenvalue weighted by atomic mass is 16.5. The van der Waals surface area contributed by atoms with Gasteiger partial charge in [-0.25, -0.2) is 0 Å². The van der Waals surface area contributed by atoms with Crippen LogP contribution in [0.3, 0.4) is 0 Å². The average molecular weight is 237 g/mol. The van der Waals surface area contributed by atoms with Crippen LogP contribution in [0.4, 0.5) is 0 Å². The first-order valence-electron chi connectivity index (χ1n) is 5.70. The van der Waals surface area contributed by atoms with E-state index in [9.17, 15) is 4.79 Å². The zero-order valence-electron chi connectivity index (χ0n) is 10.5. The van der Waals surface area contributed by atoms with Crippen LogP contribution in [-0.2, 0) is 9.53 Å². The first-order valence-corrected chi connectivity index (χ1v) is 5.70. The van der Waals surface area contributed by atoms with Crippen molar-refractivity contribution in [2.75, 3.05) is 20.3 Å². The summed E-state index contributed by atoms with van der Waals surface area (Å²) in [7, 11) is 1.64. The van der Waals surface area contributed by atoms with Crippen LogP contribution in [-0.4, -0.2) is 26.2 Å². The Labute approximate surface area is 102 Å². The van der Waals surface area contributed by atoms with Crippen molar-refractivity contribution in [2.24, 2.45) is 0 Å². The van der Waals surface area contributed by atoms with Gasteiger partial charge in [-0.2, -0.15) is 0 Å². The second-order valence-corrected chi connectivity index (χ2v) is 3.68. The van der Waals surface area contributed by atoms with E-state index in [1.807, 2.05) is 31.2 Å². The number of carbonyl (C=O) groups is 1. The van der Waals surface area contributed by atoms with E-state index in [4.69, 9.17) is 9.47 Å². The van der Waals surface area contributed by atoms with E-state index in [0.717, 1.165) is 11.3 Å². The van der Waals surface area contributed by atoms with E-state index >= 15 is 0 Å².